The van der Waals surface area contributed by atoms with Crippen LogP contribution in [0.5, 0.6) is 5.75 Å². The predicted molar refractivity (Wildman–Crippen MR) is 101 cm³/mol. The maximum Gasteiger partial charge on any atom is 0.272 e. The fourth-order valence-corrected chi connectivity index (χ4v) is 3.70. The molecule has 0 atom stereocenters. The number of hydrogen-bond acceptors (Lipinski definition) is 4. The van der Waals surface area contributed by atoms with Crippen LogP contribution in [-0.2, 0) is 0 Å². The molecule has 108 valence electrons. The highest BCUT2D eigenvalue weighted by Gasteiger charge is 2.07. The van der Waals surface area contributed by atoms with Gasteiger partial charge in [-0.3, -0.25) is 9.78 Å². The first-order valence-electron chi connectivity index (χ1n) is 5.59. The highest BCUT2D eigenvalue weighted by molar-refractivity contribution is 14.1. The lowest BCUT2D eigenvalue weighted by atomic mass is 10.2. The summed E-state index contributed by atoms with van der Waals surface area (Å²) < 4.78 is 2.41. The standard InChI is InChI=1S/C13H8BrI2N3O2/c14-9-1-8(4-17-6-9)13(21)19-18-5-7-2-10(15)3-11(16)12(7)20/h1-6,20H,(H,19,21). The second-order valence-electron chi connectivity index (χ2n) is 3.92. The van der Waals surface area contributed by atoms with Crippen LogP contribution < -0.4 is 5.43 Å². The molecule has 0 aliphatic heterocycles. The molecule has 2 rings (SSSR count). The molecule has 0 fully saturated rings. The van der Waals surface area contributed by atoms with Crippen molar-refractivity contribution in [2.45, 2.75) is 0 Å². The van der Waals surface area contributed by atoms with E-state index in [1.54, 1.807) is 18.3 Å². The molecule has 1 aromatic carbocycles. The normalized spacial score (nSPS) is 10.8. The average molecular weight is 572 g/mol. The number of nitrogens with zero attached hydrogens (tertiary/aromatic N) is 2. The van der Waals surface area contributed by atoms with E-state index in [-0.39, 0.29) is 11.7 Å². The van der Waals surface area contributed by atoms with Crippen LogP contribution in [-0.4, -0.2) is 22.2 Å². The number of nitrogens with one attached hydrogen (secondary N) is 1. The zero-order valence-corrected chi connectivity index (χ0v) is 16.2. The minimum absolute atomic E-state index is 0.137. The van der Waals surface area contributed by atoms with Crippen LogP contribution >= 0.6 is 61.1 Å². The van der Waals surface area contributed by atoms with Gasteiger partial charge in [0.15, 0.2) is 0 Å². The topological polar surface area (TPSA) is 74.6 Å². The van der Waals surface area contributed by atoms with Gasteiger partial charge in [0.1, 0.15) is 5.75 Å². The Morgan fingerprint density at radius 3 is 2.81 bits per heavy atom. The van der Waals surface area contributed by atoms with Crippen LogP contribution in [0.15, 0.2) is 40.2 Å². The molecule has 2 aromatic rings. The van der Waals surface area contributed by atoms with E-state index in [2.05, 4.69) is 54.0 Å². The number of hydrogen-bond donors (Lipinski definition) is 2. The molecule has 0 radical (unpaired) electrons. The molecule has 1 aromatic heterocycles. The van der Waals surface area contributed by atoms with Gasteiger partial charge in [-0.2, -0.15) is 5.10 Å². The van der Waals surface area contributed by atoms with Gasteiger partial charge in [-0.15, -0.1) is 0 Å². The third-order valence-corrected chi connectivity index (χ3v) is 4.27. The lowest BCUT2D eigenvalue weighted by Crippen LogP contribution is -2.17. The van der Waals surface area contributed by atoms with E-state index in [1.807, 2.05) is 28.7 Å². The summed E-state index contributed by atoms with van der Waals surface area (Å²) in [6.07, 6.45) is 4.44. The molecule has 0 saturated heterocycles. The second kappa shape index (κ2) is 7.49. The van der Waals surface area contributed by atoms with Crippen molar-refractivity contribution >= 4 is 73.2 Å². The maximum absolute atomic E-state index is 11.9. The number of aromatic hydroxyl groups is 1. The average Bonchev–Trinajstić information content (AvgIpc) is 2.43. The highest BCUT2D eigenvalue weighted by atomic mass is 127. The second-order valence-corrected chi connectivity index (χ2v) is 7.24. The smallest absolute Gasteiger partial charge is 0.272 e. The number of carbonyl (C=O) groups excluding carboxylic acids is 1. The molecule has 2 N–H and O–H groups in total. The zero-order chi connectivity index (χ0) is 15.4. The van der Waals surface area contributed by atoms with Crippen molar-refractivity contribution in [3.63, 3.8) is 0 Å². The Kier molecular flexibility index (Phi) is 5.93. The van der Waals surface area contributed by atoms with E-state index < -0.39 is 0 Å². The molecular formula is C13H8BrI2N3O2. The highest BCUT2D eigenvalue weighted by Crippen LogP contribution is 2.25. The SMILES string of the molecule is O=C(NN=Cc1cc(I)cc(I)c1O)c1cncc(Br)c1. The van der Waals surface area contributed by atoms with Crippen molar-refractivity contribution in [2.75, 3.05) is 0 Å². The quantitative estimate of drug-likeness (QED) is 0.336. The first-order valence-corrected chi connectivity index (χ1v) is 8.54. The molecule has 0 bridgehead atoms. The molecule has 0 saturated carbocycles. The van der Waals surface area contributed by atoms with Gasteiger partial charge in [-0.1, -0.05) is 0 Å². The van der Waals surface area contributed by atoms with E-state index in [1.165, 1.54) is 12.4 Å². The summed E-state index contributed by atoms with van der Waals surface area (Å²) >= 11 is 7.43. The fraction of sp³-hybridized carbons (Fsp3) is 0. The molecule has 5 nitrogen and oxygen atoms in total. The number of hydrazone groups is 1. The first kappa shape index (κ1) is 16.6. The van der Waals surface area contributed by atoms with Crippen LogP contribution in [0.4, 0.5) is 0 Å². The van der Waals surface area contributed by atoms with Crippen molar-refractivity contribution in [1.82, 2.24) is 10.4 Å². The summed E-state index contributed by atoms with van der Waals surface area (Å²) in [5, 5.41) is 13.8. The van der Waals surface area contributed by atoms with Crippen molar-refractivity contribution < 1.29 is 9.90 Å². The Balaban J connectivity index is 2.11. The van der Waals surface area contributed by atoms with Crippen LogP contribution in [0, 0.1) is 7.14 Å². The van der Waals surface area contributed by atoms with Crippen LogP contribution in [0.1, 0.15) is 15.9 Å². The van der Waals surface area contributed by atoms with Crippen LogP contribution in [0.2, 0.25) is 0 Å². The van der Waals surface area contributed by atoms with Gasteiger partial charge in [0.25, 0.3) is 5.91 Å². The third kappa shape index (κ3) is 4.61. The number of pyridine rings is 1. The minimum Gasteiger partial charge on any atom is -0.506 e. The first-order chi connectivity index (χ1) is 9.97. The number of phenols is 1. The number of aromatic nitrogens is 1. The third-order valence-electron chi connectivity index (χ3n) is 2.39. The molecule has 8 heteroatoms. The molecule has 0 spiro atoms. The van der Waals surface area contributed by atoms with Crippen LogP contribution in [0.3, 0.4) is 0 Å². The predicted octanol–water partition coefficient (Wildman–Crippen LogP) is 3.52. The van der Waals surface area contributed by atoms with Crippen molar-refractivity contribution in [3.05, 3.63) is 53.3 Å². The van der Waals surface area contributed by atoms with E-state index >= 15 is 0 Å². The summed E-state index contributed by atoms with van der Waals surface area (Å²) in [6.45, 7) is 0. The largest absolute Gasteiger partial charge is 0.506 e. The van der Waals surface area contributed by atoms with Gasteiger partial charge in [-0.05, 0) is 79.3 Å². The number of carbonyl (C=O) groups is 1. The van der Waals surface area contributed by atoms with Crippen molar-refractivity contribution in [3.8, 4) is 5.75 Å². The molecule has 1 heterocycles. The van der Waals surface area contributed by atoms with Crippen molar-refractivity contribution in [1.29, 1.82) is 0 Å². The van der Waals surface area contributed by atoms with E-state index in [0.29, 0.717) is 15.6 Å². The monoisotopic (exact) mass is 571 g/mol. The molecule has 0 unspecified atom stereocenters. The van der Waals surface area contributed by atoms with Gasteiger partial charge < -0.3 is 5.11 Å². The molecular weight excluding hydrogens is 564 g/mol. The lowest BCUT2D eigenvalue weighted by molar-refractivity contribution is 0.0954. The summed E-state index contributed by atoms with van der Waals surface area (Å²) in [4.78, 5) is 15.8. The summed E-state index contributed by atoms with van der Waals surface area (Å²) in [7, 11) is 0. The Morgan fingerprint density at radius 1 is 1.33 bits per heavy atom. The Hall–Kier alpha value is -0.750. The number of amides is 1. The lowest BCUT2D eigenvalue weighted by Gasteiger charge is -2.03. The molecule has 1 amide bonds. The van der Waals surface area contributed by atoms with E-state index in [4.69, 9.17) is 0 Å². The molecule has 0 aliphatic carbocycles. The Bertz CT molecular complexity index is 723. The van der Waals surface area contributed by atoms with Gasteiger partial charge in [0, 0.05) is 26.0 Å². The van der Waals surface area contributed by atoms with E-state index in [0.717, 1.165) is 7.14 Å². The number of rotatable bonds is 3. The van der Waals surface area contributed by atoms with E-state index in [9.17, 15) is 9.90 Å². The summed E-state index contributed by atoms with van der Waals surface area (Å²) in [6, 6.07) is 5.26. The summed E-state index contributed by atoms with van der Waals surface area (Å²) in [5.41, 5.74) is 3.33. The minimum atomic E-state index is -0.375. The summed E-state index contributed by atoms with van der Waals surface area (Å²) in [5.74, 6) is -0.238. The number of benzene rings is 1. The van der Waals surface area contributed by atoms with Gasteiger partial charge in [-0.25, -0.2) is 5.43 Å². The van der Waals surface area contributed by atoms with Gasteiger partial charge >= 0.3 is 0 Å². The Morgan fingerprint density at radius 2 is 2.10 bits per heavy atom. The maximum atomic E-state index is 11.9. The fourth-order valence-electron chi connectivity index (χ4n) is 1.45. The Labute approximate surface area is 156 Å². The number of phenolic OH excluding ortho intramolecular Hbond substituents is 1. The zero-order valence-electron chi connectivity index (χ0n) is 10.3. The van der Waals surface area contributed by atoms with Crippen molar-refractivity contribution in [2.24, 2.45) is 5.10 Å². The molecule has 0 aliphatic rings. The van der Waals surface area contributed by atoms with Gasteiger partial charge in [0.2, 0.25) is 0 Å². The number of halogens is 3. The molecule has 21 heavy (non-hydrogen) atoms. The van der Waals surface area contributed by atoms with Crippen LogP contribution in [0.25, 0.3) is 0 Å². The van der Waals surface area contributed by atoms with Gasteiger partial charge in [0.05, 0.1) is 15.3 Å².